The van der Waals surface area contributed by atoms with Crippen LogP contribution in [0.5, 0.6) is 5.75 Å². The Kier molecular flexibility index (Phi) is 3.63. The van der Waals surface area contributed by atoms with Crippen LogP contribution in [-0.4, -0.2) is 41.3 Å². The van der Waals surface area contributed by atoms with Crippen LogP contribution >= 0.6 is 0 Å². The van der Waals surface area contributed by atoms with Crippen molar-refractivity contribution in [3.05, 3.63) is 30.5 Å². The van der Waals surface area contributed by atoms with Crippen molar-refractivity contribution >= 4 is 22.5 Å². The number of anilines is 1. The number of pyridine rings is 1. The maximum atomic E-state index is 11.8. The van der Waals surface area contributed by atoms with E-state index in [0.717, 1.165) is 23.6 Å². The zero-order chi connectivity index (χ0) is 15.8. The lowest BCUT2D eigenvalue weighted by atomic mass is 10.1. The number of aromatic nitrogens is 1. The van der Waals surface area contributed by atoms with Crippen molar-refractivity contribution in [3.63, 3.8) is 0 Å². The van der Waals surface area contributed by atoms with E-state index in [0.29, 0.717) is 24.7 Å². The van der Waals surface area contributed by atoms with E-state index >= 15 is 0 Å². The zero-order valence-electron chi connectivity index (χ0n) is 12.7. The first-order valence-corrected chi connectivity index (χ1v) is 7.95. The molecule has 0 unspecified atom stereocenters. The highest BCUT2D eigenvalue weighted by molar-refractivity contribution is 5.95. The second kappa shape index (κ2) is 5.79. The van der Waals surface area contributed by atoms with Crippen LogP contribution in [0.1, 0.15) is 12.8 Å². The van der Waals surface area contributed by atoms with Crippen molar-refractivity contribution in [1.29, 1.82) is 0 Å². The quantitative estimate of drug-likeness (QED) is 0.792. The van der Waals surface area contributed by atoms with Gasteiger partial charge in [-0.05, 0) is 36.4 Å². The molecule has 120 valence electrons. The summed E-state index contributed by atoms with van der Waals surface area (Å²) >= 11 is 0. The third-order valence-electron chi connectivity index (χ3n) is 4.31. The summed E-state index contributed by atoms with van der Waals surface area (Å²) in [7, 11) is 0. The molecular weight excluding hydrogens is 294 g/mol. The largest absolute Gasteiger partial charge is 0.486 e. The predicted octanol–water partition coefficient (Wildman–Crippen LogP) is 1.29. The monoisotopic (exact) mass is 313 g/mol. The van der Waals surface area contributed by atoms with Crippen LogP contribution in [0.15, 0.2) is 30.5 Å². The van der Waals surface area contributed by atoms with Gasteiger partial charge in [0, 0.05) is 30.6 Å². The maximum absolute atomic E-state index is 11.8. The molecule has 1 saturated carbocycles. The van der Waals surface area contributed by atoms with E-state index in [-0.39, 0.29) is 17.9 Å². The second-order valence-electron chi connectivity index (χ2n) is 6.22. The summed E-state index contributed by atoms with van der Waals surface area (Å²) < 4.78 is 5.82. The Morgan fingerprint density at radius 2 is 2.13 bits per heavy atom. The summed E-state index contributed by atoms with van der Waals surface area (Å²) in [4.78, 5) is 16.1. The third-order valence-corrected chi connectivity index (χ3v) is 4.31. The molecule has 2 atom stereocenters. The number of hydrogen-bond donors (Lipinski definition) is 3. The number of rotatable bonds is 4. The summed E-state index contributed by atoms with van der Waals surface area (Å²) in [6.07, 6.45) is 2.97. The van der Waals surface area contributed by atoms with Gasteiger partial charge in [-0.3, -0.25) is 4.79 Å². The number of amides is 1. The van der Waals surface area contributed by atoms with E-state index in [1.165, 1.54) is 0 Å². The number of aliphatic hydroxyl groups excluding tert-OH is 1. The lowest BCUT2D eigenvalue weighted by Crippen LogP contribution is -2.29. The molecule has 1 aromatic carbocycles. The second-order valence-corrected chi connectivity index (χ2v) is 6.22. The highest BCUT2D eigenvalue weighted by Gasteiger charge is 2.30. The summed E-state index contributed by atoms with van der Waals surface area (Å²) in [5.41, 5.74) is 0. The van der Waals surface area contributed by atoms with Gasteiger partial charge < -0.3 is 20.5 Å². The van der Waals surface area contributed by atoms with E-state index in [1.807, 2.05) is 24.3 Å². The SMILES string of the molecule is O=C(Nc1cc2ccc(O[C@H]3CNC[C@@H]3O)cc2cn1)C1CC1. The minimum absolute atomic E-state index is 0.0551. The Labute approximate surface area is 133 Å². The Hall–Kier alpha value is -2.18. The van der Waals surface area contributed by atoms with E-state index in [4.69, 9.17) is 4.74 Å². The van der Waals surface area contributed by atoms with E-state index in [9.17, 15) is 9.90 Å². The highest BCUT2D eigenvalue weighted by Crippen LogP contribution is 2.30. The molecule has 3 N–H and O–H groups in total. The Morgan fingerprint density at radius 3 is 2.87 bits per heavy atom. The Morgan fingerprint density at radius 1 is 1.26 bits per heavy atom. The molecule has 1 amide bonds. The van der Waals surface area contributed by atoms with E-state index < -0.39 is 6.10 Å². The molecule has 2 fully saturated rings. The first kappa shape index (κ1) is 14.4. The molecule has 0 radical (unpaired) electrons. The molecule has 1 aliphatic heterocycles. The normalized spacial score (nSPS) is 23.9. The fourth-order valence-electron chi connectivity index (χ4n) is 2.77. The molecule has 0 bridgehead atoms. The summed E-state index contributed by atoms with van der Waals surface area (Å²) in [5.74, 6) is 1.51. The molecule has 6 heteroatoms. The molecule has 1 saturated heterocycles. The third kappa shape index (κ3) is 3.13. The number of hydrogen-bond acceptors (Lipinski definition) is 5. The fraction of sp³-hybridized carbons (Fsp3) is 0.412. The standard InChI is InChI=1S/C17H19N3O3/c21-14-8-18-9-15(14)23-13-4-3-11-6-16(19-7-12(11)5-13)20-17(22)10-1-2-10/h3-7,10,14-15,18,21H,1-2,8-9H2,(H,19,20,22)/t14-,15-/m0/s1. The summed E-state index contributed by atoms with van der Waals surface area (Å²) in [6, 6.07) is 7.58. The topological polar surface area (TPSA) is 83.5 Å². The average Bonchev–Trinajstić information content (AvgIpc) is 3.32. The van der Waals surface area contributed by atoms with Gasteiger partial charge in [-0.25, -0.2) is 4.98 Å². The summed E-state index contributed by atoms with van der Waals surface area (Å²) in [5, 5.41) is 17.7. The van der Waals surface area contributed by atoms with Crippen molar-refractivity contribution < 1.29 is 14.6 Å². The minimum atomic E-state index is -0.483. The number of carbonyl (C=O) groups excluding carboxylic acids is 1. The van der Waals surface area contributed by atoms with Gasteiger partial charge in [0.2, 0.25) is 5.91 Å². The van der Waals surface area contributed by atoms with Crippen LogP contribution < -0.4 is 15.4 Å². The van der Waals surface area contributed by atoms with Crippen LogP contribution in [0.4, 0.5) is 5.82 Å². The van der Waals surface area contributed by atoms with Crippen LogP contribution in [-0.2, 0) is 4.79 Å². The minimum Gasteiger partial charge on any atom is -0.486 e. The molecule has 4 rings (SSSR count). The van der Waals surface area contributed by atoms with Gasteiger partial charge >= 0.3 is 0 Å². The molecular formula is C17H19N3O3. The van der Waals surface area contributed by atoms with E-state index in [2.05, 4.69) is 15.6 Å². The van der Waals surface area contributed by atoms with Crippen LogP contribution in [0.3, 0.4) is 0 Å². The first-order chi connectivity index (χ1) is 11.2. The van der Waals surface area contributed by atoms with Crippen LogP contribution in [0, 0.1) is 5.92 Å². The number of aliphatic hydroxyl groups is 1. The molecule has 23 heavy (non-hydrogen) atoms. The van der Waals surface area contributed by atoms with Gasteiger partial charge in [0.25, 0.3) is 0 Å². The van der Waals surface area contributed by atoms with Gasteiger partial charge in [0.1, 0.15) is 23.8 Å². The van der Waals surface area contributed by atoms with Crippen molar-refractivity contribution in [3.8, 4) is 5.75 Å². The Balaban J connectivity index is 1.51. The van der Waals surface area contributed by atoms with Gasteiger partial charge in [0.05, 0.1) is 0 Å². The summed E-state index contributed by atoms with van der Waals surface area (Å²) in [6.45, 7) is 1.20. The number of benzene rings is 1. The number of nitrogens with zero attached hydrogens (tertiary/aromatic N) is 1. The smallest absolute Gasteiger partial charge is 0.228 e. The van der Waals surface area contributed by atoms with Crippen molar-refractivity contribution in [2.75, 3.05) is 18.4 Å². The number of carbonyl (C=O) groups is 1. The van der Waals surface area contributed by atoms with Gasteiger partial charge in [-0.1, -0.05) is 6.07 Å². The fourth-order valence-corrected chi connectivity index (χ4v) is 2.77. The van der Waals surface area contributed by atoms with Crippen LogP contribution in [0.25, 0.3) is 10.8 Å². The molecule has 0 spiro atoms. The van der Waals surface area contributed by atoms with Gasteiger partial charge in [-0.2, -0.15) is 0 Å². The highest BCUT2D eigenvalue weighted by atomic mass is 16.5. The van der Waals surface area contributed by atoms with Crippen molar-refractivity contribution in [2.45, 2.75) is 25.0 Å². The molecule has 6 nitrogen and oxygen atoms in total. The van der Waals surface area contributed by atoms with Gasteiger partial charge in [0.15, 0.2) is 0 Å². The average molecular weight is 313 g/mol. The van der Waals surface area contributed by atoms with Gasteiger partial charge in [-0.15, -0.1) is 0 Å². The first-order valence-electron chi connectivity index (χ1n) is 7.95. The number of nitrogens with one attached hydrogen (secondary N) is 2. The molecule has 1 aliphatic carbocycles. The number of β-amino-alcohol motifs (C(OH)–C–C–N with tert-alkyl or cyclic N) is 1. The lowest BCUT2D eigenvalue weighted by Gasteiger charge is -2.16. The maximum Gasteiger partial charge on any atom is 0.228 e. The molecule has 2 heterocycles. The number of ether oxygens (including phenoxy) is 1. The molecule has 2 aliphatic rings. The Bertz CT molecular complexity index is 745. The van der Waals surface area contributed by atoms with Crippen molar-refractivity contribution in [1.82, 2.24) is 10.3 Å². The van der Waals surface area contributed by atoms with Crippen LogP contribution in [0.2, 0.25) is 0 Å². The van der Waals surface area contributed by atoms with E-state index in [1.54, 1.807) is 6.20 Å². The molecule has 1 aromatic heterocycles. The lowest BCUT2D eigenvalue weighted by molar-refractivity contribution is -0.117. The zero-order valence-corrected chi connectivity index (χ0v) is 12.7. The van der Waals surface area contributed by atoms with Crippen molar-refractivity contribution in [2.24, 2.45) is 5.92 Å². The predicted molar refractivity (Wildman–Crippen MR) is 86.4 cm³/mol. The number of fused-ring (bicyclic) bond motifs is 1. The molecule has 2 aromatic rings.